The van der Waals surface area contributed by atoms with Crippen molar-refractivity contribution in [1.82, 2.24) is 5.32 Å². The Morgan fingerprint density at radius 2 is 0.948 bits per heavy atom. The van der Waals surface area contributed by atoms with E-state index < -0.39 is 35.6 Å². The molecule has 16 nitrogen and oxygen atoms in total. The lowest BCUT2D eigenvalue weighted by atomic mass is 9.81. The van der Waals surface area contributed by atoms with E-state index >= 15 is 0 Å². The maximum atomic E-state index is 14.1. The summed E-state index contributed by atoms with van der Waals surface area (Å²) in [6.07, 6.45) is 10.6. The fourth-order valence-corrected chi connectivity index (χ4v) is 11.9. The number of nitrogens with two attached hydrogens (primary N) is 1. The summed E-state index contributed by atoms with van der Waals surface area (Å²) >= 11 is 2.23. The molecule has 0 unspecified atom stereocenters. The van der Waals surface area contributed by atoms with Crippen LogP contribution in [0.25, 0.3) is 0 Å². The number of carbonyl (C=O) groups is 7. The van der Waals surface area contributed by atoms with Gasteiger partial charge in [0.15, 0.2) is 0 Å². The van der Waals surface area contributed by atoms with Gasteiger partial charge in [0.05, 0.1) is 27.7 Å². The summed E-state index contributed by atoms with van der Waals surface area (Å²) < 4.78 is 16.2. The number of esters is 2. The van der Waals surface area contributed by atoms with Crippen LogP contribution in [0.3, 0.4) is 0 Å². The van der Waals surface area contributed by atoms with Crippen LogP contribution in [-0.2, 0) is 33.4 Å². The van der Waals surface area contributed by atoms with Crippen molar-refractivity contribution in [3.63, 3.8) is 0 Å². The number of nitrogens with zero attached hydrogens (tertiary/aromatic N) is 2. The molecular weight excluding hydrogens is 1020 g/mol. The van der Waals surface area contributed by atoms with Gasteiger partial charge in [0.1, 0.15) is 34.1 Å². The SMILES string of the molecule is CC1CCC(C(=O)N(c2cc(C#CC(C)(C)C)sc2C(=O)O)C2CCC(OC(=O)CN)CC2)CC1.CC1CCC(C(=O)N(c2cc(C#CC(C)(C)C)sc2C(=O)O)C2CCC(OC(=O)CNC(=O)OC(C)(C)C)CC2)CC1. The predicted molar refractivity (Wildman–Crippen MR) is 300 cm³/mol. The van der Waals surface area contributed by atoms with Gasteiger partial charge in [0.2, 0.25) is 11.8 Å². The summed E-state index contributed by atoms with van der Waals surface area (Å²) in [7, 11) is 0. The van der Waals surface area contributed by atoms with Crippen molar-refractivity contribution in [1.29, 1.82) is 0 Å². The van der Waals surface area contributed by atoms with Crippen molar-refractivity contribution < 1.29 is 58.0 Å². The van der Waals surface area contributed by atoms with Crippen molar-refractivity contribution >= 4 is 75.8 Å². The molecule has 0 saturated heterocycles. The van der Waals surface area contributed by atoms with Crippen LogP contribution >= 0.6 is 22.7 Å². The smallest absolute Gasteiger partial charge is 0.408 e. The number of alkyl carbamates (subject to hydrolysis) is 1. The first-order valence-corrected chi connectivity index (χ1v) is 29.2. The minimum absolute atomic E-state index is 0.00920. The molecule has 2 heterocycles. The Morgan fingerprint density at radius 1 is 0.584 bits per heavy atom. The van der Waals surface area contributed by atoms with Gasteiger partial charge in [-0.1, -0.05) is 37.5 Å². The number of ether oxygens (including phenoxy) is 3. The van der Waals surface area contributed by atoms with Crippen molar-refractivity contribution in [2.75, 3.05) is 22.9 Å². The molecule has 0 atom stereocenters. The normalized spacial score (nSPS) is 23.6. The van der Waals surface area contributed by atoms with Crippen molar-refractivity contribution in [3.05, 3.63) is 31.6 Å². The van der Waals surface area contributed by atoms with E-state index in [4.69, 9.17) is 19.9 Å². The molecule has 77 heavy (non-hydrogen) atoms. The van der Waals surface area contributed by atoms with Crippen molar-refractivity contribution in [2.45, 2.75) is 209 Å². The lowest BCUT2D eigenvalue weighted by Gasteiger charge is -2.39. The zero-order chi connectivity index (χ0) is 57.0. The van der Waals surface area contributed by atoms with Gasteiger partial charge in [0.25, 0.3) is 0 Å². The summed E-state index contributed by atoms with van der Waals surface area (Å²) in [5.74, 6) is 10.4. The standard InChI is InChI=1S/C32H46N2O7S.C27H38N2O5S/c1-20-8-10-21(11-9-20)28(36)34(25-18-24(16-17-31(2,3)4)42-27(25)29(37)38)22-12-14-23(15-13-22)40-26(35)19-33-30(39)41-32(5,6)7;1-17-5-7-18(8-6-17)25(31)29(19-9-11-20(12-10-19)34-23(30)16-28)22-15-21(13-14-27(2,3)4)35-24(22)26(32)33/h18,20-23H,8-15,19H2,1-7H3,(H,33,39)(H,37,38);15,17-20H,5-12,16,28H2,1-4H3,(H,32,33). The van der Waals surface area contributed by atoms with E-state index in [0.29, 0.717) is 84.3 Å². The number of carboxylic acid groups (broad SMARTS) is 2. The number of aromatic carboxylic acids is 2. The second-order valence-electron chi connectivity index (χ2n) is 24.5. The zero-order valence-corrected chi connectivity index (χ0v) is 48.9. The average Bonchev–Trinajstić information content (AvgIpc) is 3.98. The summed E-state index contributed by atoms with van der Waals surface area (Å²) in [5.41, 5.74) is 5.10. The van der Waals surface area contributed by atoms with Gasteiger partial charge in [-0.25, -0.2) is 14.4 Å². The van der Waals surface area contributed by atoms with Gasteiger partial charge >= 0.3 is 30.0 Å². The van der Waals surface area contributed by atoms with Crippen LogP contribution in [0.4, 0.5) is 16.2 Å². The number of nitrogens with one attached hydrogen (secondary N) is 1. The first kappa shape index (κ1) is 62.4. The van der Waals surface area contributed by atoms with Crippen LogP contribution in [0, 0.1) is 58.2 Å². The molecule has 2 aromatic rings. The van der Waals surface area contributed by atoms with E-state index in [-0.39, 0.29) is 81.6 Å². The topological polar surface area (TPSA) is 232 Å². The highest BCUT2D eigenvalue weighted by Gasteiger charge is 2.40. The van der Waals surface area contributed by atoms with Crippen molar-refractivity contribution in [3.8, 4) is 23.7 Å². The lowest BCUT2D eigenvalue weighted by Crippen LogP contribution is -2.47. The molecular formula is C59H84N4O12S2. The van der Waals surface area contributed by atoms with E-state index in [2.05, 4.69) is 42.8 Å². The maximum Gasteiger partial charge on any atom is 0.408 e. The second kappa shape index (κ2) is 27.4. The molecule has 3 amide bonds. The molecule has 18 heteroatoms. The number of carbonyl (C=O) groups excluding carboxylic acids is 5. The van der Waals surface area contributed by atoms with E-state index in [1.54, 1.807) is 42.7 Å². The Bertz CT molecular complexity index is 2530. The van der Waals surface area contributed by atoms with Crippen LogP contribution in [0.5, 0.6) is 0 Å². The molecule has 4 fully saturated rings. The highest BCUT2D eigenvalue weighted by molar-refractivity contribution is 7.15. The summed E-state index contributed by atoms with van der Waals surface area (Å²) in [4.78, 5) is 93.4. The molecule has 4 saturated carbocycles. The minimum Gasteiger partial charge on any atom is -0.477 e. The molecule has 4 aliphatic rings. The van der Waals surface area contributed by atoms with E-state index in [1.807, 2.05) is 41.5 Å². The third-order valence-electron chi connectivity index (χ3n) is 14.2. The molecule has 0 spiro atoms. The summed E-state index contributed by atoms with van der Waals surface area (Å²) in [5, 5.41) is 22.5. The summed E-state index contributed by atoms with van der Waals surface area (Å²) in [6.45, 7) is 21.2. The average molecular weight is 1110 g/mol. The fraction of sp³-hybridized carbons (Fsp3) is 0.678. The quantitative estimate of drug-likeness (QED) is 0.0831. The van der Waals surface area contributed by atoms with Gasteiger partial charge in [0, 0.05) is 34.7 Å². The molecule has 0 aromatic carbocycles. The summed E-state index contributed by atoms with van der Waals surface area (Å²) in [6, 6.07) is 3.16. The van der Waals surface area contributed by atoms with Crippen LogP contribution in [0.1, 0.15) is 208 Å². The highest BCUT2D eigenvalue weighted by Crippen LogP contribution is 2.41. The molecule has 2 aromatic heterocycles. The Balaban J connectivity index is 0.000000289. The van der Waals surface area contributed by atoms with Gasteiger partial charge in [-0.05, 0) is 189 Å². The molecule has 424 valence electrons. The minimum atomic E-state index is -1.08. The van der Waals surface area contributed by atoms with Crippen LogP contribution < -0.4 is 20.9 Å². The Kier molecular flexibility index (Phi) is 22.2. The number of amides is 3. The third kappa shape index (κ3) is 19.5. The van der Waals surface area contributed by atoms with Gasteiger partial charge in [-0.3, -0.25) is 19.2 Å². The molecule has 0 aliphatic heterocycles. The van der Waals surface area contributed by atoms with Crippen LogP contribution in [-0.4, -0.2) is 95.0 Å². The van der Waals surface area contributed by atoms with Gasteiger partial charge in [-0.2, -0.15) is 0 Å². The number of rotatable bonds is 13. The number of carboxylic acids is 2. The Hall–Kier alpha value is -5.43. The van der Waals surface area contributed by atoms with E-state index in [1.165, 1.54) is 0 Å². The van der Waals surface area contributed by atoms with Crippen molar-refractivity contribution in [2.24, 2.45) is 40.2 Å². The van der Waals surface area contributed by atoms with Crippen LogP contribution in [0.2, 0.25) is 0 Å². The lowest BCUT2D eigenvalue weighted by molar-refractivity contribution is -0.150. The monoisotopic (exact) mass is 1100 g/mol. The Labute approximate surface area is 464 Å². The molecule has 6 rings (SSSR count). The second-order valence-corrected chi connectivity index (χ2v) is 26.6. The Morgan fingerprint density at radius 3 is 1.27 bits per heavy atom. The highest BCUT2D eigenvalue weighted by atomic mass is 32.1. The predicted octanol–water partition coefficient (Wildman–Crippen LogP) is 11.2. The van der Waals surface area contributed by atoms with Crippen LogP contribution in [0.15, 0.2) is 12.1 Å². The zero-order valence-electron chi connectivity index (χ0n) is 47.3. The van der Waals surface area contributed by atoms with E-state index in [0.717, 1.165) is 74.0 Å². The number of hydrogen-bond donors (Lipinski definition) is 4. The van der Waals surface area contributed by atoms with Gasteiger partial charge in [-0.15, -0.1) is 22.7 Å². The molecule has 0 radical (unpaired) electrons. The number of thiophene rings is 2. The molecule has 0 bridgehead atoms. The molecule has 5 N–H and O–H groups in total. The maximum absolute atomic E-state index is 14.1. The fourth-order valence-electron chi connectivity index (χ4n) is 10.2. The van der Waals surface area contributed by atoms with Gasteiger partial charge < -0.3 is 45.3 Å². The third-order valence-corrected chi connectivity index (χ3v) is 16.3. The molecule has 4 aliphatic carbocycles. The first-order chi connectivity index (χ1) is 36.0. The first-order valence-electron chi connectivity index (χ1n) is 27.5. The van der Waals surface area contributed by atoms with E-state index in [9.17, 15) is 43.8 Å². The largest absolute Gasteiger partial charge is 0.477 e. The number of anilines is 2. The number of hydrogen-bond acceptors (Lipinski definition) is 13.